The summed E-state index contributed by atoms with van der Waals surface area (Å²) in [5.41, 5.74) is 2.35. The van der Waals surface area contributed by atoms with E-state index in [9.17, 15) is 4.39 Å². The Labute approximate surface area is 168 Å². The highest BCUT2D eigenvalue weighted by atomic mass is 19.1. The second-order valence-electron chi connectivity index (χ2n) is 7.69. The highest BCUT2D eigenvalue weighted by Gasteiger charge is 2.32. The molecule has 8 heteroatoms. The molecule has 0 saturated carbocycles. The van der Waals surface area contributed by atoms with Crippen molar-refractivity contribution < 1.29 is 18.6 Å². The van der Waals surface area contributed by atoms with Gasteiger partial charge in [0.15, 0.2) is 5.75 Å². The van der Waals surface area contributed by atoms with Crippen LogP contribution in [0.3, 0.4) is 0 Å². The van der Waals surface area contributed by atoms with E-state index in [2.05, 4.69) is 21.9 Å². The topological polar surface area (TPSA) is 61.1 Å². The molecule has 0 spiro atoms. The summed E-state index contributed by atoms with van der Waals surface area (Å²) in [7, 11) is 0. The molecule has 7 nitrogen and oxygen atoms in total. The van der Waals surface area contributed by atoms with Crippen LogP contribution in [0.25, 0.3) is 5.52 Å². The first-order valence-electron chi connectivity index (χ1n) is 9.87. The molecule has 3 aromatic heterocycles. The minimum Gasteiger partial charge on any atom is -0.489 e. The van der Waals surface area contributed by atoms with E-state index in [0.717, 1.165) is 23.4 Å². The first-order chi connectivity index (χ1) is 14.0. The van der Waals surface area contributed by atoms with Crippen molar-refractivity contribution in [3.8, 4) is 17.4 Å². The third-order valence-corrected chi connectivity index (χ3v) is 5.44. The molecule has 2 aliphatic heterocycles. The van der Waals surface area contributed by atoms with E-state index in [0.29, 0.717) is 43.6 Å². The van der Waals surface area contributed by atoms with Crippen molar-refractivity contribution in [3.05, 3.63) is 47.7 Å². The summed E-state index contributed by atoms with van der Waals surface area (Å²) in [6, 6.07) is 7.57. The van der Waals surface area contributed by atoms with E-state index in [1.54, 1.807) is 0 Å². The summed E-state index contributed by atoms with van der Waals surface area (Å²) in [5.74, 6) is 1.20. The summed E-state index contributed by atoms with van der Waals surface area (Å²) < 4.78 is 33.4. The molecule has 1 saturated heterocycles. The zero-order valence-electron chi connectivity index (χ0n) is 16.5. The van der Waals surface area contributed by atoms with Crippen LogP contribution in [0.5, 0.6) is 17.4 Å². The van der Waals surface area contributed by atoms with Crippen LogP contribution in [-0.2, 0) is 6.54 Å². The van der Waals surface area contributed by atoms with Gasteiger partial charge in [-0.25, -0.2) is 13.9 Å². The molecule has 152 valence electrons. The van der Waals surface area contributed by atoms with E-state index < -0.39 is 0 Å². The van der Waals surface area contributed by atoms with Gasteiger partial charge in [0, 0.05) is 43.9 Å². The standard InChI is InChI=1S/C21H23FN4O3/c1-13-7-15-9-16(3-4-26(15)24-13)29-17-8-14(2)25(11-17)12-19-18(22)10-20-21(23-19)28-6-5-27-20/h3-4,7,9-10,14,17H,5-6,8,11-12H2,1-2H3/t14-,17+/m0/s1. The van der Waals surface area contributed by atoms with Gasteiger partial charge in [-0.1, -0.05) is 0 Å². The van der Waals surface area contributed by atoms with Gasteiger partial charge in [-0.15, -0.1) is 0 Å². The maximum atomic E-state index is 14.5. The second kappa shape index (κ2) is 7.18. The molecule has 3 aromatic rings. The summed E-state index contributed by atoms with van der Waals surface area (Å²) in [4.78, 5) is 6.53. The van der Waals surface area contributed by atoms with Crippen LogP contribution in [0.1, 0.15) is 24.7 Å². The van der Waals surface area contributed by atoms with Crippen LogP contribution in [-0.4, -0.2) is 51.4 Å². The van der Waals surface area contributed by atoms with Crippen molar-refractivity contribution in [1.29, 1.82) is 0 Å². The van der Waals surface area contributed by atoms with Crippen LogP contribution < -0.4 is 14.2 Å². The first kappa shape index (κ1) is 18.2. The Hall–Kier alpha value is -2.87. The summed E-state index contributed by atoms with van der Waals surface area (Å²) in [5, 5.41) is 4.39. The number of ether oxygens (including phenoxy) is 3. The number of rotatable bonds is 4. The lowest BCUT2D eigenvalue weighted by molar-refractivity contribution is 0.160. The molecule has 0 N–H and O–H groups in total. The number of nitrogens with zero attached hydrogens (tertiary/aromatic N) is 4. The normalized spacial score (nSPS) is 21.6. The molecule has 2 atom stereocenters. The number of fused-ring (bicyclic) bond motifs is 2. The molecule has 0 aromatic carbocycles. The fourth-order valence-electron chi connectivity index (χ4n) is 4.01. The number of aromatic nitrogens is 3. The van der Waals surface area contributed by atoms with Gasteiger partial charge in [-0.3, -0.25) is 4.90 Å². The first-order valence-corrected chi connectivity index (χ1v) is 9.87. The number of likely N-dealkylation sites (tertiary alicyclic amines) is 1. The number of aryl methyl sites for hydroxylation is 1. The van der Waals surface area contributed by atoms with E-state index in [4.69, 9.17) is 14.2 Å². The fraction of sp³-hybridized carbons (Fsp3) is 0.429. The van der Waals surface area contributed by atoms with E-state index >= 15 is 0 Å². The number of hydrogen-bond donors (Lipinski definition) is 0. The van der Waals surface area contributed by atoms with Gasteiger partial charge in [0.2, 0.25) is 0 Å². The predicted octanol–water partition coefficient (Wildman–Crippen LogP) is 2.99. The molecule has 0 bridgehead atoms. The summed E-state index contributed by atoms with van der Waals surface area (Å²) in [6.07, 6.45) is 2.81. The zero-order chi connectivity index (χ0) is 20.0. The second-order valence-corrected chi connectivity index (χ2v) is 7.69. The van der Waals surface area contributed by atoms with E-state index in [1.807, 2.05) is 35.8 Å². The Bertz CT molecular complexity index is 1050. The van der Waals surface area contributed by atoms with Crippen molar-refractivity contribution in [1.82, 2.24) is 19.5 Å². The average molecular weight is 398 g/mol. The quantitative estimate of drug-likeness (QED) is 0.673. The van der Waals surface area contributed by atoms with Crippen molar-refractivity contribution in [2.24, 2.45) is 0 Å². The van der Waals surface area contributed by atoms with Crippen molar-refractivity contribution in [2.45, 2.75) is 39.0 Å². The van der Waals surface area contributed by atoms with Gasteiger partial charge >= 0.3 is 0 Å². The van der Waals surface area contributed by atoms with Crippen LogP contribution in [0.4, 0.5) is 4.39 Å². The van der Waals surface area contributed by atoms with Gasteiger partial charge in [-0.05, 0) is 26.0 Å². The lowest BCUT2D eigenvalue weighted by Gasteiger charge is -2.22. The molecular weight excluding hydrogens is 375 g/mol. The third-order valence-electron chi connectivity index (χ3n) is 5.44. The minimum absolute atomic E-state index is 0.0386. The molecule has 2 aliphatic rings. The van der Waals surface area contributed by atoms with Crippen molar-refractivity contribution in [3.63, 3.8) is 0 Å². The van der Waals surface area contributed by atoms with E-state index in [1.165, 1.54) is 6.07 Å². The van der Waals surface area contributed by atoms with Gasteiger partial charge in [0.1, 0.15) is 30.9 Å². The molecule has 29 heavy (non-hydrogen) atoms. The SMILES string of the molecule is Cc1cc2cc(O[C@@H]3C[C@H](C)N(Cc4nc5c(cc4F)OCCO5)C3)ccn2n1. The number of halogens is 1. The lowest BCUT2D eigenvalue weighted by Crippen LogP contribution is -2.29. The van der Waals surface area contributed by atoms with E-state index in [-0.39, 0.29) is 18.0 Å². The zero-order valence-corrected chi connectivity index (χ0v) is 16.5. The fourth-order valence-corrected chi connectivity index (χ4v) is 4.01. The Balaban J connectivity index is 1.28. The summed E-state index contributed by atoms with van der Waals surface area (Å²) >= 11 is 0. The highest BCUT2D eigenvalue weighted by molar-refractivity contribution is 5.51. The summed E-state index contributed by atoms with van der Waals surface area (Å²) in [6.45, 7) is 6.06. The van der Waals surface area contributed by atoms with Gasteiger partial charge in [0.25, 0.3) is 5.88 Å². The molecule has 0 radical (unpaired) electrons. The lowest BCUT2D eigenvalue weighted by atomic mass is 10.2. The molecule has 1 fully saturated rings. The Morgan fingerprint density at radius 1 is 1.24 bits per heavy atom. The van der Waals surface area contributed by atoms with Crippen LogP contribution >= 0.6 is 0 Å². The molecule has 0 amide bonds. The van der Waals surface area contributed by atoms with Crippen LogP contribution in [0.2, 0.25) is 0 Å². The Morgan fingerprint density at radius 2 is 2.10 bits per heavy atom. The molecular formula is C21H23FN4O3. The predicted molar refractivity (Wildman–Crippen MR) is 104 cm³/mol. The van der Waals surface area contributed by atoms with Crippen molar-refractivity contribution >= 4 is 5.52 Å². The van der Waals surface area contributed by atoms with Gasteiger partial charge in [-0.2, -0.15) is 5.10 Å². The smallest absolute Gasteiger partial charge is 0.257 e. The molecule has 5 heterocycles. The van der Waals surface area contributed by atoms with Gasteiger partial charge < -0.3 is 14.2 Å². The van der Waals surface area contributed by atoms with Gasteiger partial charge in [0.05, 0.1) is 16.9 Å². The van der Waals surface area contributed by atoms with Crippen LogP contribution in [0, 0.1) is 12.7 Å². The Kier molecular flexibility index (Phi) is 4.50. The van der Waals surface area contributed by atoms with Crippen LogP contribution in [0.15, 0.2) is 30.5 Å². The number of pyridine rings is 2. The molecule has 5 rings (SSSR count). The third kappa shape index (κ3) is 3.60. The maximum Gasteiger partial charge on any atom is 0.257 e. The Morgan fingerprint density at radius 3 is 3.00 bits per heavy atom. The largest absolute Gasteiger partial charge is 0.489 e. The molecule has 0 unspecified atom stereocenters. The molecule has 0 aliphatic carbocycles. The number of hydrogen-bond acceptors (Lipinski definition) is 6. The highest BCUT2D eigenvalue weighted by Crippen LogP contribution is 2.31. The maximum absolute atomic E-state index is 14.5. The monoisotopic (exact) mass is 398 g/mol. The van der Waals surface area contributed by atoms with Crippen molar-refractivity contribution in [2.75, 3.05) is 19.8 Å². The average Bonchev–Trinajstić information content (AvgIpc) is 3.23. The minimum atomic E-state index is -0.368.